The lowest BCUT2D eigenvalue weighted by Crippen LogP contribution is -2.46. The number of rotatable bonds is 8. The number of hydrogen-bond acceptors (Lipinski definition) is 6. The molecule has 0 bridgehead atoms. The average Bonchev–Trinajstić information content (AvgIpc) is 2.92. The molecular formula is C29H33ClF3NO6. The quantitative estimate of drug-likeness (QED) is 0.361. The number of para-hydroxylation sites is 1. The number of aromatic hydroxyl groups is 1. The lowest BCUT2D eigenvalue weighted by atomic mass is 9.93. The maximum Gasteiger partial charge on any atom is 0.416 e. The topological polar surface area (TPSA) is 99.7 Å². The zero-order valence-electron chi connectivity index (χ0n) is 22.1. The Morgan fingerprint density at radius 1 is 1.12 bits per heavy atom. The van der Waals surface area contributed by atoms with Crippen molar-refractivity contribution in [2.24, 2.45) is 5.92 Å². The van der Waals surface area contributed by atoms with Crippen LogP contribution in [0.3, 0.4) is 0 Å². The van der Waals surface area contributed by atoms with Gasteiger partial charge in [0.2, 0.25) is 0 Å². The Kier molecular flexibility index (Phi) is 11.7. The number of benzene rings is 3. The highest BCUT2D eigenvalue weighted by Crippen LogP contribution is 2.41. The maximum absolute atomic E-state index is 13.3. The van der Waals surface area contributed by atoms with Gasteiger partial charge in [-0.3, -0.25) is 0 Å². The van der Waals surface area contributed by atoms with Gasteiger partial charge in [0.25, 0.3) is 0 Å². The molecule has 0 aliphatic carbocycles. The number of ether oxygens (including phenoxy) is 3. The van der Waals surface area contributed by atoms with Gasteiger partial charge in [-0.05, 0) is 53.8 Å². The van der Waals surface area contributed by atoms with Crippen LogP contribution in [-0.4, -0.2) is 56.1 Å². The first-order valence-corrected chi connectivity index (χ1v) is 12.3. The van der Waals surface area contributed by atoms with E-state index < -0.39 is 17.7 Å². The highest BCUT2D eigenvalue weighted by Gasteiger charge is 2.32. The smallest absolute Gasteiger partial charge is 0.416 e. The van der Waals surface area contributed by atoms with E-state index in [0.717, 1.165) is 24.1 Å². The number of nitrogens with zero attached hydrogens (tertiary/aromatic N) is 1. The molecule has 1 heterocycles. The summed E-state index contributed by atoms with van der Waals surface area (Å²) in [6.45, 7) is 3.32. The van der Waals surface area contributed by atoms with E-state index >= 15 is 0 Å². The summed E-state index contributed by atoms with van der Waals surface area (Å²) in [5.41, 5.74) is 1.75. The molecule has 4 rings (SSSR count). The van der Waals surface area contributed by atoms with Gasteiger partial charge in [0.1, 0.15) is 11.5 Å². The third-order valence-electron chi connectivity index (χ3n) is 6.63. The van der Waals surface area contributed by atoms with Crippen LogP contribution in [0.1, 0.15) is 18.1 Å². The molecule has 1 aliphatic rings. The number of carbonyl (C=O) groups excluding carboxylic acids is 1. The second kappa shape index (κ2) is 14.2. The molecule has 40 heavy (non-hydrogen) atoms. The number of morpholine rings is 1. The molecule has 3 N–H and O–H groups in total. The van der Waals surface area contributed by atoms with Crippen LogP contribution >= 0.6 is 12.4 Å². The van der Waals surface area contributed by atoms with Crippen molar-refractivity contribution in [2.45, 2.75) is 25.6 Å². The van der Waals surface area contributed by atoms with Gasteiger partial charge in [0.05, 0.1) is 31.1 Å². The van der Waals surface area contributed by atoms with E-state index in [1.807, 2.05) is 17.0 Å². The zero-order chi connectivity index (χ0) is 27.3. The number of esters is 1. The van der Waals surface area contributed by atoms with Crippen molar-refractivity contribution in [3.8, 4) is 22.6 Å². The molecule has 7 nitrogen and oxygen atoms in total. The highest BCUT2D eigenvalue weighted by molar-refractivity contribution is 5.85. The van der Waals surface area contributed by atoms with E-state index in [2.05, 4.69) is 11.7 Å². The first-order valence-electron chi connectivity index (χ1n) is 12.3. The first-order chi connectivity index (χ1) is 18.2. The van der Waals surface area contributed by atoms with Gasteiger partial charge in [-0.1, -0.05) is 43.3 Å². The van der Waals surface area contributed by atoms with E-state index in [4.69, 9.17) is 9.47 Å². The summed E-state index contributed by atoms with van der Waals surface area (Å²) in [6.07, 6.45) is -3.90. The molecule has 3 aromatic rings. The molecule has 2 atom stereocenters. The summed E-state index contributed by atoms with van der Waals surface area (Å²) in [4.78, 5) is 13.2. The molecule has 2 unspecified atom stereocenters. The summed E-state index contributed by atoms with van der Waals surface area (Å²) in [5.74, 6) is 0.231. The normalized spacial score (nSPS) is 15.8. The van der Waals surface area contributed by atoms with Crippen LogP contribution in [0.5, 0.6) is 11.5 Å². The van der Waals surface area contributed by atoms with Gasteiger partial charge in [-0.2, -0.15) is 13.2 Å². The van der Waals surface area contributed by atoms with Crippen molar-refractivity contribution in [3.05, 3.63) is 77.9 Å². The fraction of sp³-hybridized carbons (Fsp3) is 0.345. The molecule has 0 aromatic heterocycles. The minimum absolute atomic E-state index is 0. The molecule has 1 aliphatic heterocycles. The molecule has 1 fully saturated rings. The number of hydrogen-bond donors (Lipinski definition) is 1. The average molecular weight is 584 g/mol. The number of alkyl halides is 3. The number of phenols is 1. The van der Waals surface area contributed by atoms with E-state index in [-0.39, 0.29) is 42.3 Å². The SMILES string of the molecule is COC(=O)COc1ccc(CC(C)C2CN(c3c(O)cccc3-c3cccc(C(F)(F)F)c3)CCO2)cc1.Cl.O. The van der Waals surface area contributed by atoms with E-state index in [9.17, 15) is 23.1 Å². The Labute approximate surface area is 237 Å². The van der Waals surface area contributed by atoms with Crippen molar-refractivity contribution in [2.75, 3.05) is 38.3 Å². The molecule has 0 spiro atoms. The molecule has 0 radical (unpaired) electrons. The predicted molar refractivity (Wildman–Crippen MR) is 148 cm³/mol. The lowest BCUT2D eigenvalue weighted by Gasteiger charge is -2.38. The molecule has 0 saturated carbocycles. The summed E-state index contributed by atoms with van der Waals surface area (Å²) >= 11 is 0. The Morgan fingerprint density at radius 2 is 1.82 bits per heavy atom. The second-order valence-electron chi connectivity index (χ2n) is 9.30. The summed E-state index contributed by atoms with van der Waals surface area (Å²) in [6, 6.07) is 17.5. The number of methoxy groups -OCH3 is 1. The van der Waals surface area contributed by atoms with Gasteiger partial charge < -0.3 is 29.7 Å². The fourth-order valence-electron chi connectivity index (χ4n) is 4.61. The van der Waals surface area contributed by atoms with Crippen molar-refractivity contribution >= 4 is 24.1 Å². The summed E-state index contributed by atoms with van der Waals surface area (Å²) < 4.78 is 56.1. The third-order valence-corrected chi connectivity index (χ3v) is 6.63. The molecule has 218 valence electrons. The van der Waals surface area contributed by atoms with Gasteiger partial charge in [-0.15, -0.1) is 12.4 Å². The predicted octanol–water partition coefficient (Wildman–Crippen LogP) is 5.31. The second-order valence-corrected chi connectivity index (χ2v) is 9.30. The fourth-order valence-corrected chi connectivity index (χ4v) is 4.61. The van der Waals surface area contributed by atoms with Crippen LogP contribution in [0.4, 0.5) is 18.9 Å². The van der Waals surface area contributed by atoms with Crippen molar-refractivity contribution < 1.29 is 42.8 Å². The van der Waals surface area contributed by atoms with Crippen LogP contribution in [0.2, 0.25) is 0 Å². The zero-order valence-corrected chi connectivity index (χ0v) is 22.9. The summed E-state index contributed by atoms with van der Waals surface area (Å²) in [5, 5.41) is 10.8. The van der Waals surface area contributed by atoms with E-state index in [1.54, 1.807) is 36.4 Å². The third kappa shape index (κ3) is 8.03. The van der Waals surface area contributed by atoms with Crippen molar-refractivity contribution in [3.63, 3.8) is 0 Å². The van der Waals surface area contributed by atoms with Crippen LogP contribution in [0, 0.1) is 5.92 Å². The number of carbonyl (C=O) groups is 1. The first kappa shape index (κ1) is 32.7. The Balaban J connectivity index is 0.00000280. The molecule has 3 aromatic carbocycles. The molecule has 11 heteroatoms. The molecule has 0 amide bonds. The monoisotopic (exact) mass is 583 g/mol. The van der Waals surface area contributed by atoms with Crippen LogP contribution in [0.25, 0.3) is 11.1 Å². The van der Waals surface area contributed by atoms with E-state index in [0.29, 0.717) is 42.3 Å². The molecule has 1 saturated heterocycles. The minimum Gasteiger partial charge on any atom is -0.506 e. The lowest BCUT2D eigenvalue weighted by molar-refractivity contribution is -0.143. The minimum atomic E-state index is -4.46. The highest BCUT2D eigenvalue weighted by atomic mass is 35.5. The Bertz CT molecular complexity index is 1260. The van der Waals surface area contributed by atoms with Gasteiger partial charge in [0.15, 0.2) is 6.61 Å². The number of anilines is 1. The Hall–Kier alpha value is -3.47. The number of halogens is 4. The number of phenolic OH excluding ortho intramolecular Hbond substituents is 1. The van der Waals surface area contributed by atoms with Crippen molar-refractivity contribution in [1.82, 2.24) is 0 Å². The largest absolute Gasteiger partial charge is 0.506 e. The summed E-state index contributed by atoms with van der Waals surface area (Å²) in [7, 11) is 1.30. The van der Waals surface area contributed by atoms with Gasteiger partial charge >= 0.3 is 12.1 Å². The van der Waals surface area contributed by atoms with Crippen LogP contribution < -0.4 is 9.64 Å². The van der Waals surface area contributed by atoms with Gasteiger partial charge in [0, 0.05) is 18.7 Å². The molecular weight excluding hydrogens is 551 g/mol. The maximum atomic E-state index is 13.3. The standard InChI is InChI=1S/C29H30F3NO5.ClH.H2O/c1-19(15-20-9-11-23(12-10-20)38-18-27(35)36-2)26-17-33(13-14-37-26)28-24(7-4-8-25(28)34)21-5-3-6-22(16-21)29(30,31)32;;/h3-12,16,19,26,34H,13-15,17-18H2,1-2H3;1H;1H2. The van der Waals surface area contributed by atoms with Crippen molar-refractivity contribution in [1.29, 1.82) is 0 Å². The van der Waals surface area contributed by atoms with Crippen LogP contribution in [0.15, 0.2) is 66.7 Å². The van der Waals surface area contributed by atoms with Crippen LogP contribution in [-0.2, 0) is 26.9 Å². The van der Waals surface area contributed by atoms with Gasteiger partial charge in [-0.25, -0.2) is 4.79 Å². The van der Waals surface area contributed by atoms with E-state index in [1.165, 1.54) is 13.2 Å². The Morgan fingerprint density at radius 3 is 2.50 bits per heavy atom.